The van der Waals surface area contributed by atoms with Gasteiger partial charge in [-0.15, -0.1) is 0 Å². The van der Waals surface area contributed by atoms with Crippen LogP contribution in [0.25, 0.3) is 0 Å². The summed E-state index contributed by atoms with van der Waals surface area (Å²) in [6.45, 7) is 1.44. The molecule has 6 heteroatoms. The fourth-order valence-electron chi connectivity index (χ4n) is 2.20. The normalized spacial score (nSPS) is 12.5. The van der Waals surface area contributed by atoms with Gasteiger partial charge in [-0.1, -0.05) is 23.7 Å². The molecule has 2 N–H and O–H groups in total. The van der Waals surface area contributed by atoms with Crippen LogP contribution >= 0.6 is 11.6 Å². The number of aryl methyl sites for hydroxylation is 1. The summed E-state index contributed by atoms with van der Waals surface area (Å²) in [5.74, 6) is -0.554. The zero-order chi connectivity index (χ0) is 18.4. The lowest BCUT2D eigenvalue weighted by Gasteiger charge is -2.22. The number of anilines is 1. The Morgan fingerprint density at radius 1 is 1.20 bits per heavy atom. The van der Waals surface area contributed by atoms with E-state index in [2.05, 4.69) is 5.32 Å². The molecule has 0 bridgehead atoms. The Morgan fingerprint density at radius 2 is 1.88 bits per heavy atom. The molecule has 0 fully saturated rings. The highest BCUT2D eigenvalue weighted by atomic mass is 35.5. The second-order valence-corrected chi connectivity index (χ2v) is 6.25. The van der Waals surface area contributed by atoms with E-state index < -0.39 is 11.5 Å². The smallest absolute Gasteiger partial charge is 0.256 e. The SMILES string of the molecule is C[C@](O)(CCc1ccc(C#N)cc1)C(=O)Nc1ccc(C#N)c(Cl)c1. The van der Waals surface area contributed by atoms with Gasteiger partial charge >= 0.3 is 0 Å². The number of benzene rings is 2. The van der Waals surface area contributed by atoms with Crippen molar-refractivity contribution in [3.05, 3.63) is 64.2 Å². The quantitative estimate of drug-likeness (QED) is 0.860. The topological polar surface area (TPSA) is 96.9 Å². The molecule has 126 valence electrons. The maximum Gasteiger partial charge on any atom is 0.256 e. The summed E-state index contributed by atoms with van der Waals surface area (Å²) in [5, 5.41) is 30.9. The molecule has 2 aromatic carbocycles. The predicted octanol–water partition coefficient (Wildman–Crippen LogP) is 3.41. The van der Waals surface area contributed by atoms with Crippen LogP contribution in [-0.4, -0.2) is 16.6 Å². The van der Waals surface area contributed by atoms with E-state index in [1.54, 1.807) is 30.3 Å². The fourth-order valence-corrected chi connectivity index (χ4v) is 2.42. The van der Waals surface area contributed by atoms with Crippen molar-refractivity contribution in [1.29, 1.82) is 10.5 Å². The molecule has 2 aromatic rings. The highest BCUT2D eigenvalue weighted by Gasteiger charge is 2.30. The van der Waals surface area contributed by atoms with E-state index in [-0.39, 0.29) is 11.4 Å². The summed E-state index contributed by atoms with van der Waals surface area (Å²) in [4.78, 5) is 12.3. The maximum absolute atomic E-state index is 12.3. The van der Waals surface area contributed by atoms with Crippen molar-refractivity contribution < 1.29 is 9.90 Å². The lowest BCUT2D eigenvalue weighted by molar-refractivity contribution is -0.132. The van der Waals surface area contributed by atoms with Crippen LogP contribution in [0, 0.1) is 22.7 Å². The molecular weight excluding hydrogens is 338 g/mol. The average molecular weight is 354 g/mol. The van der Waals surface area contributed by atoms with E-state index >= 15 is 0 Å². The van der Waals surface area contributed by atoms with Crippen LogP contribution in [0.3, 0.4) is 0 Å². The highest BCUT2D eigenvalue weighted by Crippen LogP contribution is 2.22. The zero-order valence-electron chi connectivity index (χ0n) is 13.6. The van der Waals surface area contributed by atoms with Gasteiger partial charge in [0.05, 0.1) is 22.2 Å². The van der Waals surface area contributed by atoms with Crippen LogP contribution in [0.1, 0.15) is 30.0 Å². The molecule has 1 atom stereocenters. The van der Waals surface area contributed by atoms with Crippen molar-refractivity contribution >= 4 is 23.2 Å². The van der Waals surface area contributed by atoms with Gasteiger partial charge < -0.3 is 10.4 Å². The molecule has 0 radical (unpaired) electrons. The second-order valence-electron chi connectivity index (χ2n) is 5.84. The van der Waals surface area contributed by atoms with Gasteiger partial charge in [-0.05, 0) is 55.7 Å². The van der Waals surface area contributed by atoms with Crippen molar-refractivity contribution in [2.24, 2.45) is 0 Å². The molecule has 0 aromatic heterocycles. The van der Waals surface area contributed by atoms with Crippen LogP contribution in [-0.2, 0) is 11.2 Å². The van der Waals surface area contributed by atoms with Gasteiger partial charge in [-0.2, -0.15) is 10.5 Å². The number of aliphatic hydroxyl groups is 1. The monoisotopic (exact) mass is 353 g/mol. The van der Waals surface area contributed by atoms with E-state index in [4.69, 9.17) is 22.1 Å². The molecule has 5 nitrogen and oxygen atoms in total. The summed E-state index contributed by atoms with van der Waals surface area (Å²) >= 11 is 5.93. The molecule has 25 heavy (non-hydrogen) atoms. The third-order valence-electron chi connectivity index (χ3n) is 3.82. The Balaban J connectivity index is 2.00. The number of hydrogen-bond donors (Lipinski definition) is 2. The molecule has 0 heterocycles. The summed E-state index contributed by atoms with van der Waals surface area (Å²) in [7, 11) is 0. The van der Waals surface area contributed by atoms with Crippen molar-refractivity contribution in [3.63, 3.8) is 0 Å². The summed E-state index contributed by atoms with van der Waals surface area (Å²) in [6, 6.07) is 15.5. The molecule has 0 aliphatic rings. The van der Waals surface area contributed by atoms with Gasteiger partial charge in [-0.25, -0.2) is 0 Å². The first-order chi connectivity index (χ1) is 11.9. The average Bonchev–Trinajstić information content (AvgIpc) is 2.60. The van der Waals surface area contributed by atoms with Crippen LogP contribution < -0.4 is 5.32 Å². The van der Waals surface area contributed by atoms with Crippen LogP contribution in [0.5, 0.6) is 0 Å². The fraction of sp³-hybridized carbons (Fsp3) is 0.211. The standard InChI is InChI=1S/C19H16ClN3O2/c1-19(25,9-8-13-2-4-14(11-21)5-3-13)18(24)23-16-7-6-15(12-22)17(20)10-16/h2-7,10,25H,8-9H2,1H3,(H,23,24)/t19-/m0/s1. The third-order valence-corrected chi connectivity index (χ3v) is 4.13. The van der Waals surface area contributed by atoms with Crippen LogP contribution in [0.4, 0.5) is 5.69 Å². The van der Waals surface area contributed by atoms with Crippen molar-refractivity contribution in [3.8, 4) is 12.1 Å². The molecule has 1 amide bonds. The Hall–Kier alpha value is -2.86. The number of amides is 1. The highest BCUT2D eigenvalue weighted by molar-refractivity contribution is 6.32. The Labute approximate surface area is 151 Å². The first-order valence-corrected chi connectivity index (χ1v) is 7.96. The number of nitrogens with one attached hydrogen (secondary N) is 1. The van der Waals surface area contributed by atoms with Gasteiger partial charge in [-0.3, -0.25) is 4.79 Å². The van der Waals surface area contributed by atoms with Gasteiger partial charge in [0.1, 0.15) is 11.7 Å². The Bertz CT molecular complexity index is 862. The number of carbonyl (C=O) groups excluding carboxylic acids is 1. The number of rotatable bonds is 5. The second kappa shape index (κ2) is 7.81. The molecule has 0 aliphatic heterocycles. The van der Waals surface area contributed by atoms with Crippen molar-refractivity contribution in [2.45, 2.75) is 25.4 Å². The molecule has 0 spiro atoms. The first kappa shape index (κ1) is 18.5. The van der Waals surface area contributed by atoms with Crippen LogP contribution in [0.15, 0.2) is 42.5 Å². The maximum atomic E-state index is 12.3. The van der Waals surface area contributed by atoms with E-state index in [9.17, 15) is 9.90 Å². The van der Waals surface area contributed by atoms with Gasteiger partial charge in [0.15, 0.2) is 0 Å². The number of halogens is 1. The molecule has 2 rings (SSSR count). The Kier molecular flexibility index (Phi) is 5.77. The number of hydrogen-bond acceptors (Lipinski definition) is 4. The minimum Gasteiger partial charge on any atom is -0.380 e. The van der Waals surface area contributed by atoms with Gasteiger partial charge in [0.2, 0.25) is 0 Å². The number of carbonyl (C=O) groups is 1. The van der Waals surface area contributed by atoms with Crippen molar-refractivity contribution in [2.75, 3.05) is 5.32 Å². The van der Waals surface area contributed by atoms with E-state index in [1.807, 2.05) is 12.1 Å². The number of nitriles is 2. The predicted molar refractivity (Wildman–Crippen MR) is 94.9 cm³/mol. The largest absolute Gasteiger partial charge is 0.380 e. The molecule has 0 unspecified atom stereocenters. The Morgan fingerprint density at radius 3 is 2.44 bits per heavy atom. The lowest BCUT2D eigenvalue weighted by atomic mass is 9.95. The minimum atomic E-state index is -1.58. The van der Waals surface area contributed by atoms with E-state index in [1.165, 1.54) is 19.1 Å². The molecule has 0 saturated heterocycles. The van der Waals surface area contributed by atoms with Crippen LogP contribution in [0.2, 0.25) is 5.02 Å². The van der Waals surface area contributed by atoms with Gasteiger partial charge in [0.25, 0.3) is 5.91 Å². The number of nitrogens with zero attached hydrogens (tertiary/aromatic N) is 2. The lowest BCUT2D eigenvalue weighted by Crippen LogP contribution is -2.40. The molecular formula is C19H16ClN3O2. The molecule has 0 aliphatic carbocycles. The summed E-state index contributed by atoms with van der Waals surface area (Å²) in [6.07, 6.45) is 0.703. The third kappa shape index (κ3) is 4.81. The minimum absolute atomic E-state index is 0.217. The van der Waals surface area contributed by atoms with Gasteiger partial charge in [0, 0.05) is 5.69 Å². The van der Waals surface area contributed by atoms with E-state index in [0.29, 0.717) is 23.2 Å². The molecule has 0 saturated carbocycles. The zero-order valence-corrected chi connectivity index (χ0v) is 14.3. The summed E-state index contributed by atoms with van der Waals surface area (Å²) in [5.41, 5.74) is 0.633. The summed E-state index contributed by atoms with van der Waals surface area (Å²) < 4.78 is 0. The van der Waals surface area contributed by atoms with E-state index in [0.717, 1.165) is 5.56 Å². The van der Waals surface area contributed by atoms with Crippen molar-refractivity contribution in [1.82, 2.24) is 0 Å². The first-order valence-electron chi connectivity index (χ1n) is 7.58.